The molecule has 0 saturated carbocycles. The first kappa shape index (κ1) is 26.4. The molecule has 0 radical (unpaired) electrons. The van der Waals surface area contributed by atoms with Gasteiger partial charge in [0, 0.05) is 55.6 Å². The van der Waals surface area contributed by atoms with Gasteiger partial charge in [0.05, 0.1) is 42.7 Å². The van der Waals surface area contributed by atoms with Gasteiger partial charge in [0.15, 0.2) is 5.65 Å². The third-order valence-corrected chi connectivity index (χ3v) is 7.81. The summed E-state index contributed by atoms with van der Waals surface area (Å²) in [5, 5.41) is 9.32. The van der Waals surface area contributed by atoms with E-state index in [2.05, 4.69) is 27.9 Å². The summed E-state index contributed by atoms with van der Waals surface area (Å²) in [6, 6.07) is 15.3. The van der Waals surface area contributed by atoms with Gasteiger partial charge in [-0.15, -0.1) is 0 Å². The van der Waals surface area contributed by atoms with Gasteiger partial charge in [0.2, 0.25) is 0 Å². The highest BCUT2D eigenvalue weighted by Crippen LogP contribution is 2.37. The van der Waals surface area contributed by atoms with Crippen molar-refractivity contribution in [1.82, 2.24) is 24.2 Å². The predicted molar refractivity (Wildman–Crippen MR) is 150 cm³/mol. The number of nitriles is 1. The Balaban J connectivity index is 1.40. The van der Waals surface area contributed by atoms with E-state index in [1.165, 1.54) is 0 Å². The highest BCUT2D eigenvalue weighted by Gasteiger charge is 2.23. The largest absolute Gasteiger partial charge is 0.464 e. The third kappa shape index (κ3) is 5.56. The molecule has 0 spiro atoms. The molecule has 2 aliphatic heterocycles. The highest BCUT2D eigenvalue weighted by molar-refractivity contribution is 5.90. The molecule has 2 aliphatic rings. The number of hydrogen-bond donors (Lipinski definition) is 0. The van der Waals surface area contributed by atoms with Crippen LogP contribution in [0.1, 0.15) is 24.0 Å². The van der Waals surface area contributed by atoms with E-state index in [9.17, 15) is 5.26 Å². The van der Waals surface area contributed by atoms with Gasteiger partial charge < -0.3 is 14.4 Å². The first-order valence-corrected chi connectivity index (χ1v) is 13.9. The molecule has 0 aliphatic carbocycles. The van der Waals surface area contributed by atoms with Crippen molar-refractivity contribution >= 4 is 5.65 Å². The minimum absolute atomic E-state index is 0.263. The lowest BCUT2D eigenvalue weighted by Crippen LogP contribution is -2.35. The third-order valence-electron chi connectivity index (χ3n) is 7.81. The number of likely N-dealkylation sites (tertiary alicyclic amines) is 1. The number of piperidine rings is 1. The van der Waals surface area contributed by atoms with Crippen LogP contribution in [0.15, 0.2) is 54.9 Å². The van der Waals surface area contributed by atoms with Crippen LogP contribution in [0.5, 0.6) is 6.01 Å². The fourth-order valence-electron chi connectivity index (χ4n) is 5.67. The zero-order valence-corrected chi connectivity index (χ0v) is 22.7. The van der Waals surface area contributed by atoms with E-state index in [4.69, 9.17) is 14.5 Å². The number of aromatic nitrogens is 3. The number of nitrogens with zero attached hydrogens (tertiary/aromatic N) is 6. The van der Waals surface area contributed by atoms with E-state index in [1.807, 2.05) is 34.9 Å². The second kappa shape index (κ2) is 11.7. The van der Waals surface area contributed by atoms with Gasteiger partial charge in [-0.2, -0.15) is 10.2 Å². The van der Waals surface area contributed by atoms with Crippen molar-refractivity contribution in [3.63, 3.8) is 0 Å². The number of hydrogen-bond acceptors (Lipinski definition) is 7. The Kier molecular flexibility index (Phi) is 7.73. The highest BCUT2D eigenvalue weighted by atomic mass is 19.1. The first-order chi connectivity index (χ1) is 19.6. The molecule has 9 heteroatoms. The Hall–Kier alpha value is -3.84. The van der Waals surface area contributed by atoms with Crippen molar-refractivity contribution in [2.45, 2.75) is 19.4 Å². The Morgan fingerprint density at radius 3 is 2.65 bits per heavy atom. The van der Waals surface area contributed by atoms with E-state index in [0.717, 1.165) is 50.1 Å². The van der Waals surface area contributed by atoms with Crippen molar-refractivity contribution < 1.29 is 13.9 Å². The SMILES string of the molecule is CN1CCC[C@@H](COc2nc(-c3ccc(C#N)cc3)c(-c3ccc(CN4CCOCC4)c(F)c3)c3nccn23)C1. The van der Waals surface area contributed by atoms with Crippen LogP contribution in [0.4, 0.5) is 4.39 Å². The topological polar surface area (TPSA) is 78.9 Å². The average molecular weight is 541 g/mol. The van der Waals surface area contributed by atoms with Gasteiger partial charge in [-0.1, -0.05) is 24.3 Å². The van der Waals surface area contributed by atoms with Gasteiger partial charge in [-0.3, -0.25) is 9.30 Å². The monoisotopic (exact) mass is 540 g/mol. The number of fused-ring (bicyclic) bond motifs is 1. The second-order valence-electron chi connectivity index (χ2n) is 10.7. The van der Waals surface area contributed by atoms with Crippen LogP contribution in [0, 0.1) is 23.1 Å². The fraction of sp³-hybridized carbons (Fsp3) is 0.387. The summed E-state index contributed by atoms with van der Waals surface area (Å²) in [5.41, 5.74) is 4.70. The normalized spacial score (nSPS) is 18.6. The predicted octanol–water partition coefficient (Wildman–Crippen LogP) is 4.63. The van der Waals surface area contributed by atoms with Gasteiger partial charge in [0.25, 0.3) is 0 Å². The van der Waals surface area contributed by atoms with Gasteiger partial charge >= 0.3 is 6.01 Å². The summed E-state index contributed by atoms with van der Waals surface area (Å²) in [4.78, 5) is 14.2. The molecule has 8 nitrogen and oxygen atoms in total. The molecule has 2 aromatic heterocycles. The van der Waals surface area contributed by atoms with Gasteiger partial charge in [-0.05, 0) is 50.2 Å². The van der Waals surface area contributed by atoms with Crippen molar-refractivity contribution in [2.75, 3.05) is 53.0 Å². The number of halogens is 1. The van der Waals surface area contributed by atoms with Crippen LogP contribution >= 0.6 is 0 Å². The van der Waals surface area contributed by atoms with Crippen LogP contribution in [0.2, 0.25) is 0 Å². The molecular weight excluding hydrogens is 507 g/mol. The van der Waals surface area contributed by atoms with Crippen molar-refractivity contribution in [1.29, 1.82) is 5.26 Å². The van der Waals surface area contributed by atoms with E-state index < -0.39 is 0 Å². The molecule has 0 amide bonds. The maximum atomic E-state index is 15.5. The summed E-state index contributed by atoms with van der Waals surface area (Å²) in [7, 11) is 2.14. The first-order valence-electron chi connectivity index (χ1n) is 13.9. The lowest BCUT2D eigenvalue weighted by Gasteiger charge is -2.29. The van der Waals surface area contributed by atoms with E-state index in [-0.39, 0.29) is 5.82 Å². The summed E-state index contributed by atoms with van der Waals surface area (Å²) < 4.78 is 29.1. The Morgan fingerprint density at radius 2 is 1.90 bits per heavy atom. The van der Waals surface area contributed by atoms with E-state index in [0.29, 0.717) is 66.3 Å². The lowest BCUT2D eigenvalue weighted by atomic mass is 9.98. The standard InChI is InChI=1S/C31H33FN6O2/c1-36-11-2-3-23(19-36)21-40-31-35-29(24-6-4-22(18-33)5-7-24)28(30-34-10-12-38(30)31)25-8-9-26(27(32)17-25)20-37-13-15-39-16-14-37/h4-10,12,17,23H,2-3,11,13-16,19-21H2,1H3/t23-/m1/s1. The van der Waals surface area contributed by atoms with Crippen molar-refractivity contribution in [3.05, 3.63) is 71.8 Å². The number of rotatable bonds is 7. The molecule has 6 rings (SSSR count). The zero-order valence-electron chi connectivity index (χ0n) is 22.7. The molecule has 2 saturated heterocycles. The molecule has 4 heterocycles. The Bertz CT molecular complexity index is 1520. The minimum atomic E-state index is -0.263. The molecule has 2 aromatic carbocycles. The Morgan fingerprint density at radius 1 is 1.10 bits per heavy atom. The summed E-state index contributed by atoms with van der Waals surface area (Å²) in [6.07, 6.45) is 5.82. The van der Waals surface area contributed by atoms with Crippen molar-refractivity contribution in [2.24, 2.45) is 5.92 Å². The maximum absolute atomic E-state index is 15.5. The van der Waals surface area contributed by atoms with Gasteiger partial charge in [0.1, 0.15) is 5.82 Å². The van der Waals surface area contributed by atoms with E-state index >= 15 is 4.39 Å². The molecule has 0 bridgehead atoms. The fourth-order valence-corrected chi connectivity index (χ4v) is 5.67. The van der Waals surface area contributed by atoms with Crippen LogP contribution in [0.3, 0.4) is 0 Å². The minimum Gasteiger partial charge on any atom is -0.464 e. The van der Waals surface area contributed by atoms with Gasteiger partial charge in [-0.25, -0.2) is 9.37 Å². The number of imidazole rings is 1. The number of benzene rings is 2. The number of ether oxygens (including phenoxy) is 2. The molecule has 1 atom stereocenters. The average Bonchev–Trinajstić information content (AvgIpc) is 3.47. The molecule has 206 valence electrons. The zero-order chi connectivity index (χ0) is 27.5. The van der Waals surface area contributed by atoms with Crippen LogP contribution in [-0.4, -0.2) is 77.2 Å². The maximum Gasteiger partial charge on any atom is 0.302 e. The van der Waals surface area contributed by atoms with Crippen LogP contribution in [0.25, 0.3) is 28.0 Å². The molecule has 0 unspecified atom stereocenters. The number of morpholine rings is 1. The molecule has 4 aromatic rings. The molecule has 2 fully saturated rings. The van der Waals surface area contributed by atoms with E-state index in [1.54, 1.807) is 24.4 Å². The summed E-state index contributed by atoms with van der Waals surface area (Å²) >= 11 is 0. The Labute approximate surface area is 233 Å². The smallest absolute Gasteiger partial charge is 0.302 e. The molecule has 0 N–H and O–H groups in total. The molecule has 40 heavy (non-hydrogen) atoms. The summed E-state index contributed by atoms with van der Waals surface area (Å²) in [6.45, 7) is 6.12. The lowest BCUT2D eigenvalue weighted by molar-refractivity contribution is 0.0337. The quantitative estimate of drug-likeness (QED) is 0.338. The summed E-state index contributed by atoms with van der Waals surface area (Å²) in [5.74, 6) is 0.159. The molecular formula is C31H33FN6O2. The second-order valence-corrected chi connectivity index (χ2v) is 10.7. The van der Waals surface area contributed by atoms with Crippen LogP contribution < -0.4 is 4.74 Å². The van der Waals surface area contributed by atoms with Crippen LogP contribution in [-0.2, 0) is 11.3 Å². The van der Waals surface area contributed by atoms with Crippen molar-refractivity contribution in [3.8, 4) is 34.5 Å².